The smallest absolute Gasteiger partial charge is 0.234 e. The van der Waals surface area contributed by atoms with Crippen molar-refractivity contribution in [2.24, 2.45) is 0 Å². The van der Waals surface area contributed by atoms with Gasteiger partial charge in [0.05, 0.1) is 32.3 Å². The van der Waals surface area contributed by atoms with Crippen LogP contribution in [0.4, 0.5) is 0 Å². The number of fused-ring (bicyclic) bond motifs is 1. The summed E-state index contributed by atoms with van der Waals surface area (Å²) in [5, 5.41) is 0. The van der Waals surface area contributed by atoms with Crippen LogP contribution in [-0.4, -0.2) is 34.4 Å². The summed E-state index contributed by atoms with van der Waals surface area (Å²) in [5.74, 6) is 1.80. The average Bonchev–Trinajstić information content (AvgIpc) is 2.96. The zero-order valence-corrected chi connectivity index (χ0v) is 12.5. The zero-order valence-electron chi connectivity index (χ0n) is 12.5. The third-order valence-electron chi connectivity index (χ3n) is 3.41. The Morgan fingerprint density at radius 2 is 2.00 bits per heavy atom. The number of hydrogen-bond donors (Lipinski definition) is 0. The van der Waals surface area contributed by atoms with Gasteiger partial charge in [-0.25, -0.2) is 9.97 Å². The van der Waals surface area contributed by atoms with Gasteiger partial charge in [0.25, 0.3) is 0 Å². The minimum atomic E-state index is -0.00810. The number of benzene rings is 1. The number of ketones is 1. The lowest BCUT2D eigenvalue weighted by Gasteiger charge is -2.07. The highest BCUT2D eigenvalue weighted by Crippen LogP contribution is 2.30. The minimum absolute atomic E-state index is 0.00810. The van der Waals surface area contributed by atoms with Crippen LogP contribution in [0.2, 0.25) is 0 Å². The van der Waals surface area contributed by atoms with E-state index in [4.69, 9.17) is 9.47 Å². The number of carbonyl (C=O) groups is 1. The van der Waals surface area contributed by atoms with E-state index in [0.29, 0.717) is 28.5 Å². The Bertz CT molecular complexity index is 855. The van der Waals surface area contributed by atoms with Crippen LogP contribution in [0.3, 0.4) is 0 Å². The summed E-state index contributed by atoms with van der Waals surface area (Å²) in [6.45, 7) is 1.52. The molecule has 0 N–H and O–H groups in total. The van der Waals surface area contributed by atoms with Crippen molar-refractivity contribution in [2.45, 2.75) is 6.92 Å². The van der Waals surface area contributed by atoms with Gasteiger partial charge in [-0.3, -0.25) is 9.20 Å². The van der Waals surface area contributed by atoms with E-state index in [1.807, 2.05) is 12.3 Å². The quantitative estimate of drug-likeness (QED) is 0.693. The number of ether oxygens (including phenoxy) is 2. The molecule has 0 spiro atoms. The molecule has 0 fully saturated rings. The van der Waals surface area contributed by atoms with Crippen molar-refractivity contribution < 1.29 is 14.3 Å². The van der Waals surface area contributed by atoms with Gasteiger partial charge in [-0.1, -0.05) is 6.07 Å². The lowest BCUT2D eigenvalue weighted by atomic mass is 10.1. The van der Waals surface area contributed by atoms with E-state index in [-0.39, 0.29) is 5.78 Å². The number of imidazole rings is 1. The number of methoxy groups -OCH3 is 2. The number of Topliss-reactive ketones (excluding diaryl/α,β-unsaturated/α-hetero) is 1. The van der Waals surface area contributed by atoms with Gasteiger partial charge < -0.3 is 9.47 Å². The van der Waals surface area contributed by atoms with Gasteiger partial charge in [0.1, 0.15) is 5.75 Å². The Hall–Kier alpha value is -2.89. The second-order valence-electron chi connectivity index (χ2n) is 4.80. The molecule has 3 aromatic rings. The molecule has 0 saturated carbocycles. The monoisotopic (exact) mass is 297 g/mol. The van der Waals surface area contributed by atoms with Crippen LogP contribution in [0.5, 0.6) is 11.5 Å². The fourth-order valence-electron chi connectivity index (χ4n) is 2.22. The van der Waals surface area contributed by atoms with Crippen molar-refractivity contribution in [1.29, 1.82) is 0 Å². The Morgan fingerprint density at radius 1 is 1.18 bits per heavy atom. The first-order chi connectivity index (χ1) is 10.6. The molecule has 6 heteroatoms. The Balaban J connectivity index is 2.12. The summed E-state index contributed by atoms with van der Waals surface area (Å²) < 4.78 is 12.3. The highest BCUT2D eigenvalue weighted by atomic mass is 16.5. The molecule has 0 saturated heterocycles. The molecule has 0 aliphatic carbocycles. The van der Waals surface area contributed by atoms with Crippen LogP contribution >= 0.6 is 0 Å². The number of aromatic nitrogens is 3. The van der Waals surface area contributed by atoms with Gasteiger partial charge in [0.15, 0.2) is 11.5 Å². The molecule has 3 rings (SSSR count). The Kier molecular flexibility index (Phi) is 3.50. The summed E-state index contributed by atoms with van der Waals surface area (Å²) in [6.07, 6.45) is 5.26. The first-order valence-corrected chi connectivity index (χ1v) is 6.70. The van der Waals surface area contributed by atoms with Gasteiger partial charge in [-0.15, -0.1) is 0 Å². The number of rotatable bonds is 4. The van der Waals surface area contributed by atoms with Crippen LogP contribution < -0.4 is 9.47 Å². The molecular weight excluding hydrogens is 282 g/mol. The van der Waals surface area contributed by atoms with E-state index in [0.717, 1.165) is 5.56 Å². The van der Waals surface area contributed by atoms with Crippen molar-refractivity contribution in [1.82, 2.24) is 14.4 Å². The largest absolute Gasteiger partial charge is 0.496 e. The average molecular weight is 297 g/mol. The molecule has 0 atom stereocenters. The molecule has 1 aromatic carbocycles. The van der Waals surface area contributed by atoms with Gasteiger partial charge >= 0.3 is 0 Å². The predicted molar refractivity (Wildman–Crippen MR) is 81.5 cm³/mol. The highest BCUT2D eigenvalue weighted by Gasteiger charge is 2.13. The Labute approximate surface area is 127 Å². The van der Waals surface area contributed by atoms with Crippen LogP contribution in [-0.2, 0) is 0 Å². The second-order valence-corrected chi connectivity index (χ2v) is 4.80. The third kappa shape index (κ3) is 2.39. The van der Waals surface area contributed by atoms with Gasteiger partial charge in [-0.2, -0.15) is 0 Å². The van der Waals surface area contributed by atoms with Crippen molar-refractivity contribution >= 4 is 11.6 Å². The number of carbonyl (C=O) groups excluding carboxylic acids is 1. The molecule has 0 amide bonds. The Morgan fingerprint density at radius 3 is 2.68 bits per heavy atom. The molecule has 0 unspecified atom stereocenters. The van der Waals surface area contributed by atoms with E-state index in [1.54, 1.807) is 43.1 Å². The summed E-state index contributed by atoms with van der Waals surface area (Å²) in [6, 6.07) is 5.31. The van der Waals surface area contributed by atoms with Crippen LogP contribution in [0, 0.1) is 0 Å². The molecule has 0 bridgehead atoms. The van der Waals surface area contributed by atoms with E-state index in [9.17, 15) is 4.79 Å². The lowest BCUT2D eigenvalue weighted by molar-refractivity contribution is 0.101. The van der Waals surface area contributed by atoms with Crippen molar-refractivity contribution in [3.05, 3.63) is 42.4 Å². The number of nitrogens with zero attached hydrogens (tertiary/aromatic N) is 3. The summed E-state index contributed by atoms with van der Waals surface area (Å²) in [7, 11) is 3.16. The predicted octanol–water partition coefficient (Wildman–Crippen LogP) is 2.62. The minimum Gasteiger partial charge on any atom is -0.496 e. The maximum atomic E-state index is 11.5. The first-order valence-electron chi connectivity index (χ1n) is 6.70. The molecule has 22 heavy (non-hydrogen) atoms. The molecule has 6 nitrogen and oxygen atoms in total. The van der Waals surface area contributed by atoms with E-state index in [1.165, 1.54) is 6.92 Å². The van der Waals surface area contributed by atoms with E-state index < -0.39 is 0 Å². The first kappa shape index (κ1) is 14.1. The van der Waals surface area contributed by atoms with Gasteiger partial charge in [-0.05, 0) is 19.1 Å². The van der Waals surface area contributed by atoms with Crippen LogP contribution in [0.15, 0.2) is 36.8 Å². The summed E-state index contributed by atoms with van der Waals surface area (Å²) >= 11 is 0. The summed E-state index contributed by atoms with van der Waals surface area (Å²) in [4.78, 5) is 20.2. The number of hydrogen-bond acceptors (Lipinski definition) is 5. The maximum absolute atomic E-state index is 11.5. The topological polar surface area (TPSA) is 65.7 Å². The fourth-order valence-corrected chi connectivity index (χ4v) is 2.22. The highest BCUT2D eigenvalue weighted by molar-refractivity contribution is 5.95. The van der Waals surface area contributed by atoms with Crippen molar-refractivity contribution in [3.8, 4) is 22.8 Å². The van der Waals surface area contributed by atoms with E-state index >= 15 is 0 Å². The third-order valence-corrected chi connectivity index (χ3v) is 3.41. The zero-order chi connectivity index (χ0) is 15.7. The standard InChI is InChI=1S/C16H15N3O3/c1-10(20)11-4-5-13(15(6-11)22-3)14-9-19-8-12(21-2)7-17-16(19)18-14/h4-9H,1-3H3. The second kappa shape index (κ2) is 5.48. The summed E-state index contributed by atoms with van der Waals surface area (Å²) in [5.41, 5.74) is 2.12. The maximum Gasteiger partial charge on any atom is 0.234 e. The van der Waals surface area contributed by atoms with Crippen molar-refractivity contribution in [3.63, 3.8) is 0 Å². The molecule has 0 aliphatic heterocycles. The molecule has 2 heterocycles. The van der Waals surface area contributed by atoms with Crippen LogP contribution in [0.25, 0.3) is 17.0 Å². The lowest BCUT2D eigenvalue weighted by Crippen LogP contribution is -1.95. The molecule has 2 aromatic heterocycles. The molecule has 0 aliphatic rings. The van der Waals surface area contributed by atoms with Gasteiger partial charge in [0.2, 0.25) is 5.78 Å². The normalized spacial score (nSPS) is 10.7. The fraction of sp³-hybridized carbons (Fsp3) is 0.188. The molecular formula is C16H15N3O3. The molecule has 112 valence electrons. The van der Waals surface area contributed by atoms with Crippen molar-refractivity contribution in [2.75, 3.05) is 14.2 Å². The van der Waals surface area contributed by atoms with E-state index in [2.05, 4.69) is 9.97 Å². The SMILES string of the molecule is COc1cnc2nc(-c3ccc(C(C)=O)cc3OC)cn2c1. The van der Waals surface area contributed by atoms with Gasteiger partial charge in [0, 0.05) is 17.3 Å². The van der Waals surface area contributed by atoms with Crippen LogP contribution in [0.1, 0.15) is 17.3 Å². The molecule has 0 radical (unpaired) electrons.